The number of fused-ring (bicyclic) bond motifs is 1. The number of hydrogen-bond donors (Lipinski definition) is 2. The van der Waals surface area contributed by atoms with Gasteiger partial charge < -0.3 is 10.2 Å². The zero-order chi connectivity index (χ0) is 8.55. The summed E-state index contributed by atoms with van der Waals surface area (Å²) in [5.74, 6) is 0.0110. The number of amides is 2. The van der Waals surface area contributed by atoms with Gasteiger partial charge in [-0.25, -0.2) is 0 Å². The van der Waals surface area contributed by atoms with Crippen molar-refractivity contribution in [2.45, 2.75) is 12.6 Å². The molecule has 5 nitrogen and oxygen atoms in total. The maximum Gasteiger partial charge on any atom is 0.239 e. The Labute approximate surface area is 70.1 Å². The first-order valence-electron chi connectivity index (χ1n) is 4.07. The molecule has 0 aliphatic carbocycles. The first-order chi connectivity index (χ1) is 5.77. The smallest absolute Gasteiger partial charge is 0.239 e. The minimum absolute atomic E-state index is 0.0175. The average Bonchev–Trinajstić information content (AvgIpc) is 2.07. The summed E-state index contributed by atoms with van der Waals surface area (Å²) >= 11 is 0. The lowest BCUT2D eigenvalue weighted by atomic mass is 10.2. The molecule has 0 spiro atoms. The van der Waals surface area contributed by atoms with Crippen LogP contribution < -0.4 is 10.6 Å². The van der Waals surface area contributed by atoms with E-state index in [0.717, 1.165) is 6.54 Å². The first-order valence-corrected chi connectivity index (χ1v) is 4.07. The Bertz CT molecular complexity index is 229. The molecule has 2 aliphatic heterocycles. The molecule has 1 unspecified atom stereocenters. The normalized spacial score (nSPS) is 29.7. The molecular formula is C7H11N3O2. The van der Waals surface area contributed by atoms with Crippen LogP contribution in [-0.4, -0.2) is 42.5 Å². The zero-order valence-electron chi connectivity index (χ0n) is 6.67. The molecule has 0 aromatic rings. The van der Waals surface area contributed by atoms with Gasteiger partial charge in [0.1, 0.15) is 12.7 Å². The topological polar surface area (TPSA) is 61.4 Å². The molecule has 2 fully saturated rings. The van der Waals surface area contributed by atoms with Gasteiger partial charge >= 0.3 is 0 Å². The molecule has 1 atom stereocenters. The standard InChI is InChI=1S/C7H11N3O2/c11-6-4-10-5(3-9-6)8-2-1-7(10)12/h5,8H,1-4H2,(H,9,11). The van der Waals surface area contributed by atoms with Gasteiger partial charge in [-0.2, -0.15) is 0 Å². The van der Waals surface area contributed by atoms with Crippen molar-refractivity contribution >= 4 is 11.8 Å². The van der Waals surface area contributed by atoms with Gasteiger partial charge in [-0.3, -0.25) is 14.9 Å². The first kappa shape index (κ1) is 7.54. The Balaban J connectivity index is 2.10. The molecule has 0 saturated carbocycles. The van der Waals surface area contributed by atoms with E-state index >= 15 is 0 Å². The molecule has 0 aromatic carbocycles. The Morgan fingerprint density at radius 2 is 2.25 bits per heavy atom. The van der Waals surface area contributed by atoms with E-state index in [9.17, 15) is 9.59 Å². The van der Waals surface area contributed by atoms with Crippen molar-refractivity contribution < 1.29 is 9.59 Å². The molecule has 2 N–H and O–H groups in total. The summed E-state index contributed by atoms with van der Waals surface area (Å²) in [6, 6.07) is 0. The van der Waals surface area contributed by atoms with Crippen molar-refractivity contribution in [2.75, 3.05) is 19.6 Å². The van der Waals surface area contributed by atoms with Crippen LogP contribution in [-0.2, 0) is 9.59 Å². The van der Waals surface area contributed by atoms with Crippen LogP contribution in [0.25, 0.3) is 0 Å². The predicted octanol–water partition coefficient (Wildman–Crippen LogP) is -1.74. The second-order valence-corrected chi connectivity index (χ2v) is 3.05. The molecule has 66 valence electrons. The quantitative estimate of drug-likeness (QED) is 0.452. The van der Waals surface area contributed by atoms with Gasteiger partial charge in [0.2, 0.25) is 11.8 Å². The summed E-state index contributed by atoms with van der Waals surface area (Å²) in [6.07, 6.45) is 0.521. The van der Waals surface area contributed by atoms with Crippen molar-refractivity contribution in [3.8, 4) is 0 Å². The SMILES string of the molecule is O=C1CN2C(=O)CCNC2CN1. The largest absolute Gasteiger partial charge is 0.351 e. The summed E-state index contributed by atoms with van der Waals surface area (Å²) < 4.78 is 0. The lowest BCUT2D eigenvalue weighted by Crippen LogP contribution is -2.64. The predicted molar refractivity (Wildman–Crippen MR) is 41.1 cm³/mol. The lowest BCUT2D eigenvalue weighted by molar-refractivity contribution is -0.144. The fourth-order valence-corrected chi connectivity index (χ4v) is 1.58. The van der Waals surface area contributed by atoms with E-state index in [2.05, 4.69) is 10.6 Å². The highest BCUT2D eigenvalue weighted by molar-refractivity contribution is 5.86. The van der Waals surface area contributed by atoms with Crippen molar-refractivity contribution in [1.82, 2.24) is 15.5 Å². The molecule has 5 heteroatoms. The van der Waals surface area contributed by atoms with Crippen molar-refractivity contribution in [2.24, 2.45) is 0 Å². The van der Waals surface area contributed by atoms with E-state index in [-0.39, 0.29) is 24.5 Å². The van der Waals surface area contributed by atoms with Crippen molar-refractivity contribution in [1.29, 1.82) is 0 Å². The molecule has 0 bridgehead atoms. The van der Waals surface area contributed by atoms with Gasteiger partial charge in [0.25, 0.3) is 0 Å². The van der Waals surface area contributed by atoms with Gasteiger partial charge in [0.05, 0.1) is 6.54 Å². The van der Waals surface area contributed by atoms with E-state index in [1.807, 2.05) is 0 Å². The average molecular weight is 169 g/mol. The van der Waals surface area contributed by atoms with Gasteiger partial charge in [0.15, 0.2) is 0 Å². The van der Waals surface area contributed by atoms with Crippen molar-refractivity contribution in [3.63, 3.8) is 0 Å². The summed E-state index contributed by atoms with van der Waals surface area (Å²) in [5.41, 5.74) is 0. The van der Waals surface area contributed by atoms with Gasteiger partial charge in [0, 0.05) is 13.0 Å². The second-order valence-electron chi connectivity index (χ2n) is 3.05. The molecule has 2 heterocycles. The molecule has 12 heavy (non-hydrogen) atoms. The van der Waals surface area contributed by atoms with Crippen LogP contribution in [0, 0.1) is 0 Å². The van der Waals surface area contributed by atoms with E-state index in [0.29, 0.717) is 13.0 Å². The number of carbonyl (C=O) groups excluding carboxylic acids is 2. The highest BCUT2D eigenvalue weighted by Gasteiger charge is 2.32. The maximum atomic E-state index is 11.3. The monoisotopic (exact) mass is 169 g/mol. The number of piperazine rings is 1. The minimum atomic E-state index is -0.0664. The Morgan fingerprint density at radius 1 is 1.42 bits per heavy atom. The number of rotatable bonds is 0. The molecular weight excluding hydrogens is 158 g/mol. The van der Waals surface area contributed by atoms with Crippen LogP contribution in [0.15, 0.2) is 0 Å². The number of hydrogen-bond acceptors (Lipinski definition) is 3. The van der Waals surface area contributed by atoms with E-state index in [1.165, 1.54) is 0 Å². The van der Waals surface area contributed by atoms with Crippen LogP contribution in [0.2, 0.25) is 0 Å². The molecule has 2 saturated heterocycles. The summed E-state index contributed by atoms with van der Waals surface area (Å²) in [7, 11) is 0. The lowest BCUT2D eigenvalue weighted by Gasteiger charge is -2.39. The maximum absolute atomic E-state index is 11.3. The molecule has 2 aliphatic rings. The molecule has 0 aromatic heterocycles. The van der Waals surface area contributed by atoms with Crippen LogP contribution in [0.3, 0.4) is 0 Å². The van der Waals surface area contributed by atoms with E-state index < -0.39 is 0 Å². The third-order valence-electron chi connectivity index (χ3n) is 2.22. The van der Waals surface area contributed by atoms with Crippen LogP contribution in [0.4, 0.5) is 0 Å². The summed E-state index contributed by atoms with van der Waals surface area (Å²) in [4.78, 5) is 23.8. The zero-order valence-corrected chi connectivity index (χ0v) is 6.67. The third-order valence-corrected chi connectivity index (χ3v) is 2.22. The second kappa shape index (κ2) is 2.75. The van der Waals surface area contributed by atoms with Crippen LogP contribution in [0.1, 0.15) is 6.42 Å². The van der Waals surface area contributed by atoms with E-state index in [1.54, 1.807) is 4.90 Å². The van der Waals surface area contributed by atoms with Crippen LogP contribution in [0.5, 0.6) is 0 Å². The Kier molecular flexibility index (Phi) is 1.73. The third kappa shape index (κ3) is 1.16. The summed E-state index contributed by atoms with van der Waals surface area (Å²) in [6.45, 7) is 1.46. The molecule has 2 amide bonds. The highest BCUT2D eigenvalue weighted by atomic mass is 16.2. The van der Waals surface area contributed by atoms with Gasteiger partial charge in [-0.05, 0) is 0 Å². The van der Waals surface area contributed by atoms with Crippen molar-refractivity contribution in [3.05, 3.63) is 0 Å². The summed E-state index contributed by atoms with van der Waals surface area (Å²) in [5, 5.41) is 5.87. The van der Waals surface area contributed by atoms with Gasteiger partial charge in [-0.1, -0.05) is 0 Å². The Hall–Kier alpha value is -1.10. The fourth-order valence-electron chi connectivity index (χ4n) is 1.58. The number of carbonyl (C=O) groups is 2. The molecule has 2 rings (SSSR count). The van der Waals surface area contributed by atoms with E-state index in [4.69, 9.17) is 0 Å². The number of nitrogens with one attached hydrogen (secondary N) is 2. The number of nitrogens with zero attached hydrogens (tertiary/aromatic N) is 1. The van der Waals surface area contributed by atoms with Crippen LogP contribution >= 0.6 is 0 Å². The Morgan fingerprint density at radius 3 is 3.08 bits per heavy atom. The van der Waals surface area contributed by atoms with Gasteiger partial charge in [-0.15, -0.1) is 0 Å². The fraction of sp³-hybridized carbons (Fsp3) is 0.714. The minimum Gasteiger partial charge on any atom is -0.351 e. The molecule has 0 radical (unpaired) electrons. The highest BCUT2D eigenvalue weighted by Crippen LogP contribution is 2.07.